The standard InChI is InChI=1S/C13H18N2O3/c1-9-6-10(13(16)17)7-14-12(9)15-5-3-4-11(15)8-18-2/h6-7,11H,3-5,8H2,1-2H3,(H,16,17). The number of aryl methyl sites for hydroxylation is 1. The van der Waals surface area contributed by atoms with Crippen molar-refractivity contribution in [2.75, 3.05) is 25.2 Å². The summed E-state index contributed by atoms with van der Waals surface area (Å²) in [6.07, 6.45) is 3.64. The van der Waals surface area contributed by atoms with Crippen LogP contribution in [0.2, 0.25) is 0 Å². The van der Waals surface area contributed by atoms with Crippen LogP contribution in [-0.2, 0) is 4.74 Å². The van der Waals surface area contributed by atoms with E-state index in [-0.39, 0.29) is 5.56 Å². The molecule has 0 aromatic carbocycles. The fourth-order valence-corrected chi connectivity index (χ4v) is 2.47. The summed E-state index contributed by atoms with van der Waals surface area (Å²) in [5, 5.41) is 8.93. The van der Waals surface area contributed by atoms with Crippen molar-refractivity contribution in [1.29, 1.82) is 0 Å². The van der Waals surface area contributed by atoms with Crippen molar-refractivity contribution in [3.63, 3.8) is 0 Å². The number of carboxylic acids is 1. The molecule has 5 nitrogen and oxygen atoms in total. The van der Waals surface area contributed by atoms with Crippen LogP contribution in [0.25, 0.3) is 0 Å². The summed E-state index contributed by atoms with van der Waals surface area (Å²) in [6, 6.07) is 2.02. The molecule has 1 atom stereocenters. The molecule has 0 spiro atoms. The summed E-state index contributed by atoms with van der Waals surface area (Å²) in [5.74, 6) is -0.0634. The molecule has 1 N–H and O–H groups in total. The van der Waals surface area contributed by atoms with Crippen LogP contribution >= 0.6 is 0 Å². The third-order valence-electron chi connectivity index (χ3n) is 3.31. The van der Waals surface area contributed by atoms with Crippen molar-refractivity contribution < 1.29 is 14.6 Å². The first-order chi connectivity index (χ1) is 8.63. The highest BCUT2D eigenvalue weighted by Crippen LogP contribution is 2.27. The lowest BCUT2D eigenvalue weighted by molar-refractivity contribution is 0.0696. The number of ether oxygens (including phenoxy) is 1. The number of anilines is 1. The molecular formula is C13H18N2O3. The van der Waals surface area contributed by atoms with Crippen LogP contribution in [0, 0.1) is 6.92 Å². The van der Waals surface area contributed by atoms with E-state index in [0.29, 0.717) is 12.6 Å². The zero-order valence-corrected chi connectivity index (χ0v) is 10.7. The minimum atomic E-state index is -0.938. The maximum atomic E-state index is 10.9. The Morgan fingerprint density at radius 3 is 3.06 bits per heavy atom. The molecule has 1 aromatic rings. The Morgan fingerprint density at radius 1 is 1.67 bits per heavy atom. The predicted octanol–water partition coefficient (Wildman–Crippen LogP) is 1.70. The summed E-state index contributed by atoms with van der Waals surface area (Å²) < 4.78 is 5.22. The minimum absolute atomic E-state index is 0.235. The van der Waals surface area contributed by atoms with E-state index in [0.717, 1.165) is 30.8 Å². The minimum Gasteiger partial charge on any atom is -0.478 e. The fourth-order valence-electron chi connectivity index (χ4n) is 2.47. The summed E-state index contributed by atoms with van der Waals surface area (Å²) in [6.45, 7) is 3.53. The quantitative estimate of drug-likeness (QED) is 0.881. The number of carbonyl (C=O) groups is 1. The van der Waals surface area contributed by atoms with E-state index in [9.17, 15) is 4.79 Å². The highest BCUT2D eigenvalue weighted by molar-refractivity contribution is 5.87. The van der Waals surface area contributed by atoms with E-state index in [1.165, 1.54) is 6.20 Å². The highest BCUT2D eigenvalue weighted by Gasteiger charge is 2.26. The third-order valence-corrected chi connectivity index (χ3v) is 3.31. The van der Waals surface area contributed by atoms with Gasteiger partial charge in [-0.05, 0) is 31.4 Å². The van der Waals surface area contributed by atoms with Gasteiger partial charge in [0.05, 0.1) is 18.2 Å². The molecule has 2 heterocycles. The van der Waals surface area contributed by atoms with Crippen molar-refractivity contribution in [2.24, 2.45) is 0 Å². The molecule has 2 rings (SSSR count). The van der Waals surface area contributed by atoms with Crippen molar-refractivity contribution in [3.05, 3.63) is 23.4 Å². The van der Waals surface area contributed by atoms with Crippen LogP contribution in [0.5, 0.6) is 0 Å². The first-order valence-electron chi connectivity index (χ1n) is 6.09. The number of aromatic nitrogens is 1. The first-order valence-corrected chi connectivity index (χ1v) is 6.09. The SMILES string of the molecule is COCC1CCCN1c1ncc(C(=O)O)cc1C. The highest BCUT2D eigenvalue weighted by atomic mass is 16.5. The van der Waals surface area contributed by atoms with E-state index in [4.69, 9.17) is 9.84 Å². The van der Waals surface area contributed by atoms with Crippen molar-refractivity contribution in [1.82, 2.24) is 4.98 Å². The maximum Gasteiger partial charge on any atom is 0.337 e. The van der Waals surface area contributed by atoms with Crippen LogP contribution in [0.3, 0.4) is 0 Å². The van der Waals surface area contributed by atoms with Crippen LogP contribution in [0.1, 0.15) is 28.8 Å². The Balaban J connectivity index is 2.25. The molecule has 18 heavy (non-hydrogen) atoms. The Morgan fingerprint density at radius 2 is 2.44 bits per heavy atom. The normalized spacial score (nSPS) is 19.2. The molecule has 1 aromatic heterocycles. The molecule has 98 valence electrons. The van der Waals surface area contributed by atoms with Crippen LogP contribution in [0.15, 0.2) is 12.3 Å². The number of carboxylic acid groups (broad SMARTS) is 1. The average molecular weight is 250 g/mol. The van der Waals surface area contributed by atoms with Gasteiger partial charge in [0.25, 0.3) is 0 Å². The van der Waals surface area contributed by atoms with Crippen LogP contribution in [0.4, 0.5) is 5.82 Å². The second kappa shape index (κ2) is 5.35. The molecule has 1 aliphatic heterocycles. The lowest BCUT2D eigenvalue weighted by Crippen LogP contribution is -2.34. The van der Waals surface area contributed by atoms with E-state index >= 15 is 0 Å². The molecule has 1 saturated heterocycles. The average Bonchev–Trinajstić information content (AvgIpc) is 2.77. The van der Waals surface area contributed by atoms with Gasteiger partial charge in [0, 0.05) is 19.9 Å². The van der Waals surface area contributed by atoms with Crippen molar-refractivity contribution in [3.8, 4) is 0 Å². The molecule has 0 saturated carbocycles. The second-order valence-corrected chi connectivity index (χ2v) is 4.61. The zero-order chi connectivity index (χ0) is 13.1. The van der Waals surface area contributed by atoms with Crippen molar-refractivity contribution in [2.45, 2.75) is 25.8 Å². The monoisotopic (exact) mass is 250 g/mol. The van der Waals surface area contributed by atoms with Gasteiger partial charge in [-0.1, -0.05) is 0 Å². The largest absolute Gasteiger partial charge is 0.478 e. The number of aromatic carboxylic acids is 1. The lowest BCUT2D eigenvalue weighted by Gasteiger charge is -2.26. The molecule has 1 unspecified atom stereocenters. The second-order valence-electron chi connectivity index (χ2n) is 4.61. The van der Waals surface area contributed by atoms with Gasteiger partial charge in [-0.25, -0.2) is 9.78 Å². The topological polar surface area (TPSA) is 62.7 Å². The number of methoxy groups -OCH3 is 1. The smallest absolute Gasteiger partial charge is 0.337 e. The summed E-state index contributed by atoms with van der Waals surface area (Å²) in [5.41, 5.74) is 1.14. The Labute approximate surface area is 106 Å². The predicted molar refractivity (Wildman–Crippen MR) is 68.2 cm³/mol. The van der Waals surface area contributed by atoms with Gasteiger partial charge >= 0.3 is 5.97 Å². The van der Waals surface area contributed by atoms with Gasteiger partial charge in [-0.3, -0.25) is 0 Å². The molecular weight excluding hydrogens is 232 g/mol. The molecule has 0 radical (unpaired) electrons. The maximum absolute atomic E-state index is 10.9. The summed E-state index contributed by atoms with van der Waals surface area (Å²) in [4.78, 5) is 17.4. The molecule has 5 heteroatoms. The van der Waals surface area contributed by atoms with Gasteiger partial charge in [0.1, 0.15) is 5.82 Å². The van der Waals surface area contributed by atoms with E-state index in [1.54, 1.807) is 13.2 Å². The van der Waals surface area contributed by atoms with Crippen LogP contribution in [-0.4, -0.2) is 42.4 Å². The summed E-state index contributed by atoms with van der Waals surface area (Å²) in [7, 11) is 1.70. The molecule has 0 amide bonds. The molecule has 1 aliphatic rings. The lowest BCUT2D eigenvalue weighted by atomic mass is 10.2. The van der Waals surface area contributed by atoms with Gasteiger partial charge in [0.15, 0.2) is 0 Å². The van der Waals surface area contributed by atoms with Gasteiger partial charge in [0.2, 0.25) is 0 Å². The van der Waals surface area contributed by atoms with E-state index < -0.39 is 5.97 Å². The number of nitrogens with zero attached hydrogens (tertiary/aromatic N) is 2. The molecule has 0 bridgehead atoms. The zero-order valence-electron chi connectivity index (χ0n) is 10.7. The van der Waals surface area contributed by atoms with Gasteiger partial charge in [-0.2, -0.15) is 0 Å². The number of hydrogen-bond donors (Lipinski definition) is 1. The third kappa shape index (κ3) is 2.46. The number of hydrogen-bond acceptors (Lipinski definition) is 4. The number of pyridine rings is 1. The Hall–Kier alpha value is -1.62. The van der Waals surface area contributed by atoms with Crippen LogP contribution < -0.4 is 4.90 Å². The van der Waals surface area contributed by atoms with E-state index in [1.807, 2.05) is 6.92 Å². The molecule has 1 fully saturated rings. The Bertz CT molecular complexity index is 448. The molecule has 0 aliphatic carbocycles. The van der Waals surface area contributed by atoms with Gasteiger partial charge < -0.3 is 14.7 Å². The number of rotatable bonds is 4. The summed E-state index contributed by atoms with van der Waals surface area (Å²) >= 11 is 0. The van der Waals surface area contributed by atoms with Gasteiger partial charge in [-0.15, -0.1) is 0 Å². The van der Waals surface area contributed by atoms with E-state index in [2.05, 4.69) is 9.88 Å². The Kier molecular flexibility index (Phi) is 3.81. The fraction of sp³-hybridized carbons (Fsp3) is 0.538. The first kappa shape index (κ1) is 12.8. The van der Waals surface area contributed by atoms with Crippen molar-refractivity contribution >= 4 is 11.8 Å².